The van der Waals surface area contributed by atoms with E-state index in [4.69, 9.17) is 11.5 Å². The van der Waals surface area contributed by atoms with Crippen molar-refractivity contribution in [3.05, 3.63) is 0 Å². The maximum Gasteiger partial charge on any atom is 0.252 e. The highest BCUT2D eigenvalue weighted by Crippen LogP contribution is 2.29. The van der Waals surface area contributed by atoms with Gasteiger partial charge in [0, 0.05) is 13.1 Å². The highest BCUT2D eigenvalue weighted by Gasteiger charge is 2.29. The zero-order valence-corrected chi connectivity index (χ0v) is 11.8. The normalized spacial score (nSPS) is 22.4. The van der Waals surface area contributed by atoms with Crippen LogP contribution in [-0.2, 0) is 14.2 Å². The minimum absolute atomic E-state index is 0.238. The standard InChI is InChI=1S/C10H22N5O3P/c11-4-2-6-14-10(17)8(12)15-19(18)7-3-1-5-13-9(7)16/h7-8,19H,1-6,11-12H2,(H,13,16)(H,14,17)(H,15,18)/t7-,8?/m0/s1. The third-order valence-electron chi connectivity index (χ3n) is 2.86. The molecule has 0 radical (unpaired) electrons. The van der Waals surface area contributed by atoms with Gasteiger partial charge in [-0.05, 0) is 25.8 Å². The summed E-state index contributed by atoms with van der Waals surface area (Å²) in [4.78, 5) is 23.1. The van der Waals surface area contributed by atoms with E-state index >= 15 is 0 Å². The zero-order chi connectivity index (χ0) is 14.3. The smallest absolute Gasteiger partial charge is 0.252 e. The highest BCUT2D eigenvalue weighted by atomic mass is 31.1. The number of amides is 2. The molecule has 1 fully saturated rings. The Balaban J connectivity index is 2.38. The lowest BCUT2D eigenvalue weighted by atomic mass is 10.1. The average Bonchev–Trinajstić information content (AvgIpc) is 2.39. The van der Waals surface area contributed by atoms with E-state index in [1.165, 1.54) is 0 Å². The van der Waals surface area contributed by atoms with E-state index in [0.29, 0.717) is 32.5 Å². The van der Waals surface area contributed by atoms with Gasteiger partial charge in [-0.1, -0.05) is 0 Å². The average molecular weight is 291 g/mol. The molecule has 1 aliphatic heterocycles. The molecule has 1 heterocycles. The van der Waals surface area contributed by atoms with Gasteiger partial charge < -0.3 is 26.7 Å². The first-order valence-corrected chi connectivity index (χ1v) is 7.86. The maximum absolute atomic E-state index is 12.0. The Hall–Kier alpha value is -0.950. The van der Waals surface area contributed by atoms with Gasteiger partial charge >= 0.3 is 0 Å². The molecule has 1 saturated heterocycles. The molecule has 0 spiro atoms. The van der Waals surface area contributed by atoms with Crippen LogP contribution in [0.1, 0.15) is 19.3 Å². The van der Waals surface area contributed by atoms with Crippen molar-refractivity contribution in [1.82, 2.24) is 15.7 Å². The fourth-order valence-electron chi connectivity index (χ4n) is 1.77. The van der Waals surface area contributed by atoms with Gasteiger partial charge in [-0.15, -0.1) is 0 Å². The number of piperidine rings is 1. The molecule has 0 saturated carbocycles. The van der Waals surface area contributed by atoms with Crippen molar-refractivity contribution in [2.24, 2.45) is 11.5 Å². The van der Waals surface area contributed by atoms with Gasteiger partial charge in [-0.3, -0.25) is 9.59 Å². The van der Waals surface area contributed by atoms with E-state index in [1.807, 2.05) is 0 Å². The largest absolute Gasteiger partial charge is 0.355 e. The Morgan fingerprint density at radius 3 is 2.95 bits per heavy atom. The number of nitrogens with two attached hydrogens (primary N) is 2. The second kappa shape index (κ2) is 8.27. The van der Waals surface area contributed by atoms with Crippen LogP contribution in [0.4, 0.5) is 0 Å². The minimum atomic E-state index is -2.44. The third kappa shape index (κ3) is 5.28. The van der Waals surface area contributed by atoms with Gasteiger partial charge in [0.1, 0.15) is 19.8 Å². The van der Waals surface area contributed by atoms with Crippen molar-refractivity contribution in [3.8, 4) is 0 Å². The highest BCUT2D eigenvalue weighted by molar-refractivity contribution is 7.44. The van der Waals surface area contributed by atoms with Crippen molar-refractivity contribution in [2.75, 3.05) is 19.6 Å². The van der Waals surface area contributed by atoms with Crippen molar-refractivity contribution >= 4 is 19.8 Å². The van der Waals surface area contributed by atoms with Gasteiger partial charge in [0.05, 0.1) is 0 Å². The summed E-state index contributed by atoms with van der Waals surface area (Å²) >= 11 is 0. The van der Waals surface area contributed by atoms with Crippen LogP contribution in [0.5, 0.6) is 0 Å². The fraction of sp³-hybridized carbons (Fsp3) is 0.800. The van der Waals surface area contributed by atoms with E-state index in [2.05, 4.69) is 15.7 Å². The summed E-state index contributed by atoms with van der Waals surface area (Å²) in [6, 6.07) is 0. The molecule has 7 N–H and O–H groups in total. The number of hydrogen-bond donors (Lipinski definition) is 5. The molecule has 0 aromatic heterocycles. The van der Waals surface area contributed by atoms with Crippen LogP contribution < -0.4 is 27.2 Å². The Morgan fingerprint density at radius 2 is 2.32 bits per heavy atom. The van der Waals surface area contributed by atoms with Crippen LogP contribution >= 0.6 is 7.95 Å². The topological polar surface area (TPSA) is 139 Å². The minimum Gasteiger partial charge on any atom is -0.355 e. The molecular formula is C10H22N5O3P. The number of hydrogen-bond acceptors (Lipinski definition) is 5. The molecule has 0 aromatic rings. The van der Waals surface area contributed by atoms with E-state index in [9.17, 15) is 14.2 Å². The van der Waals surface area contributed by atoms with Gasteiger partial charge in [-0.2, -0.15) is 0 Å². The molecule has 3 atom stereocenters. The molecule has 0 aliphatic carbocycles. The van der Waals surface area contributed by atoms with E-state index < -0.39 is 25.7 Å². The first-order chi connectivity index (χ1) is 9.06. The molecule has 1 aliphatic rings. The summed E-state index contributed by atoms with van der Waals surface area (Å²) < 4.78 is 12.0. The molecule has 0 aromatic carbocycles. The molecule has 2 amide bonds. The fourth-order valence-corrected chi connectivity index (χ4v) is 3.21. The van der Waals surface area contributed by atoms with Gasteiger partial charge in [0.25, 0.3) is 5.91 Å². The first kappa shape index (κ1) is 16.1. The molecule has 9 heteroatoms. The second-order valence-corrected chi connectivity index (χ2v) is 6.12. The number of nitrogens with one attached hydrogen (secondary N) is 3. The molecule has 2 unspecified atom stereocenters. The SMILES string of the molecule is NCCCNC(=O)C(N)N[PH](=O)[C@H]1CCCNC1=O. The van der Waals surface area contributed by atoms with E-state index in [0.717, 1.165) is 6.42 Å². The predicted octanol–water partition coefficient (Wildman–Crippen LogP) is -1.92. The Kier molecular flexibility index (Phi) is 7.01. The van der Waals surface area contributed by atoms with Crippen molar-refractivity contribution in [2.45, 2.75) is 31.1 Å². The molecule has 19 heavy (non-hydrogen) atoms. The van der Waals surface area contributed by atoms with E-state index in [-0.39, 0.29) is 5.91 Å². The monoisotopic (exact) mass is 291 g/mol. The van der Waals surface area contributed by atoms with Crippen molar-refractivity contribution in [3.63, 3.8) is 0 Å². The van der Waals surface area contributed by atoms with Crippen LogP contribution in [0, 0.1) is 0 Å². The van der Waals surface area contributed by atoms with E-state index in [1.54, 1.807) is 0 Å². The molecule has 8 nitrogen and oxygen atoms in total. The van der Waals surface area contributed by atoms with Crippen molar-refractivity contribution in [1.29, 1.82) is 0 Å². The molecule has 0 bridgehead atoms. The summed E-state index contributed by atoms with van der Waals surface area (Å²) in [6.45, 7) is 1.51. The summed E-state index contributed by atoms with van der Waals surface area (Å²) in [5.41, 5.74) is 10.3. The van der Waals surface area contributed by atoms with Crippen LogP contribution in [0.15, 0.2) is 0 Å². The first-order valence-electron chi connectivity index (χ1n) is 6.37. The van der Waals surface area contributed by atoms with Gasteiger partial charge in [-0.25, -0.2) is 5.09 Å². The number of carbonyl (C=O) groups is 2. The predicted molar refractivity (Wildman–Crippen MR) is 72.8 cm³/mol. The Labute approximate surface area is 112 Å². The molecular weight excluding hydrogens is 269 g/mol. The quantitative estimate of drug-likeness (QED) is 0.210. The zero-order valence-electron chi connectivity index (χ0n) is 10.8. The number of carbonyl (C=O) groups excluding carboxylic acids is 2. The van der Waals surface area contributed by atoms with Crippen LogP contribution in [0.25, 0.3) is 0 Å². The van der Waals surface area contributed by atoms with Crippen LogP contribution in [-0.4, -0.2) is 43.3 Å². The van der Waals surface area contributed by atoms with Gasteiger partial charge in [0.15, 0.2) is 0 Å². The molecule has 1 rings (SSSR count). The summed E-state index contributed by atoms with van der Waals surface area (Å²) in [7, 11) is -2.44. The Bertz CT molecular complexity index is 352. The summed E-state index contributed by atoms with van der Waals surface area (Å²) in [5.74, 6) is -0.679. The van der Waals surface area contributed by atoms with Crippen molar-refractivity contribution < 1.29 is 14.2 Å². The lowest BCUT2D eigenvalue weighted by Gasteiger charge is -2.23. The number of rotatable bonds is 7. The lowest BCUT2D eigenvalue weighted by molar-refractivity contribution is -0.123. The lowest BCUT2D eigenvalue weighted by Crippen LogP contribution is -2.50. The van der Waals surface area contributed by atoms with Crippen LogP contribution in [0.3, 0.4) is 0 Å². The van der Waals surface area contributed by atoms with Crippen LogP contribution in [0.2, 0.25) is 0 Å². The van der Waals surface area contributed by atoms with Gasteiger partial charge in [0.2, 0.25) is 5.91 Å². The third-order valence-corrected chi connectivity index (χ3v) is 4.64. The summed E-state index contributed by atoms with van der Waals surface area (Å²) in [5, 5.41) is 7.75. The summed E-state index contributed by atoms with van der Waals surface area (Å²) in [6.07, 6.45) is 0.919. The Morgan fingerprint density at radius 1 is 1.58 bits per heavy atom. The second-order valence-electron chi connectivity index (χ2n) is 4.41. The molecule has 110 valence electrons. The maximum atomic E-state index is 12.0.